The van der Waals surface area contributed by atoms with Crippen molar-refractivity contribution in [2.24, 2.45) is 5.92 Å². The minimum Gasteiger partial charge on any atom is -0.379 e. The number of likely N-dealkylation sites (tertiary alicyclic amines) is 1. The first-order chi connectivity index (χ1) is 9.06. The van der Waals surface area contributed by atoms with Crippen LogP contribution in [0.1, 0.15) is 12.8 Å². The number of anilines is 1. The third-order valence-electron chi connectivity index (χ3n) is 3.46. The molecular weight excluding hydrogens is 357 g/mol. The molecule has 1 heterocycles. The highest BCUT2D eigenvalue weighted by Crippen LogP contribution is 2.27. The fraction of sp³-hybridized carbons (Fsp3) is 0.538. The van der Waals surface area contributed by atoms with E-state index >= 15 is 0 Å². The molecule has 5 nitrogen and oxygen atoms in total. The van der Waals surface area contributed by atoms with Crippen molar-refractivity contribution in [1.29, 1.82) is 0 Å². The van der Waals surface area contributed by atoms with Gasteiger partial charge in [0.05, 0.1) is 4.92 Å². The summed E-state index contributed by atoms with van der Waals surface area (Å²) >= 11 is 2.09. The maximum Gasteiger partial charge on any atom is 0.293 e. The van der Waals surface area contributed by atoms with Crippen LogP contribution in [0.2, 0.25) is 0 Å². The van der Waals surface area contributed by atoms with Gasteiger partial charge in [-0.25, -0.2) is 0 Å². The number of nitrogens with zero attached hydrogens (tertiary/aromatic N) is 2. The van der Waals surface area contributed by atoms with Gasteiger partial charge in [0.15, 0.2) is 0 Å². The molecule has 6 heteroatoms. The molecule has 1 atom stereocenters. The van der Waals surface area contributed by atoms with E-state index in [1.54, 1.807) is 12.1 Å². The van der Waals surface area contributed by atoms with Crippen LogP contribution in [0.3, 0.4) is 0 Å². The summed E-state index contributed by atoms with van der Waals surface area (Å²) in [6.45, 7) is 3.01. The van der Waals surface area contributed by atoms with Crippen LogP contribution in [0.4, 0.5) is 11.4 Å². The zero-order valence-corrected chi connectivity index (χ0v) is 13.1. The molecule has 1 fully saturated rings. The molecule has 1 aromatic carbocycles. The molecule has 1 aliphatic heterocycles. The van der Waals surface area contributed by atoms with E-state index < -0.39 is 0 Å². The first-order valence-electron chi connectivity index (χ1n) is 6.42. The van der Waals surface area contributed by atoms with Gasteiger partial charge >= 0.3 is 0 Å². The smallest absolute Gasteiger partial charge is 0.293 e. The van der Waals surface area contributed by atoms with Crippen molar-refractivity contribution < 1.29 is 4.92 Å². The second-order valence-corrected chi connectivity index (χ2v) is 6.32. The van der Waals surface area contributed by atoms with Gasteiger partial charge in [-0.1, -0.05) is 0 Å². The fourth-order valence-electron chi connectivity index (χ4n) is 2.50. The molecule has 0 saturated carbocycles. The molecular formula is C13H18IN3O2. The summed E-state index contributed by atoms with van der Waals surface area (Å²) in [5.41, 5.74) is 0.787. The Morgan fingerprint density at radius 1 is 1.58 bits per heavy atom. The highest BCUT2D eigenvalue weighted by atomic mass is 127. The van der Waals surface area contributed by atoms with E-state index in [4.69, 9.17) is 0 Å². The van der Waals surface area contributed by atoms with Crippen molar-refractivity contribution in [3.05, 3.63) is 31.9 Å². The van der Waals surface area contributed by atoms with Crippen LogP contribution in [0.5, 0.6) is 0 Å². The summed E-state index contributed by atoms with van der Waals surface area (Å²) in [6, 6.07) is 5.30. The van der Waals surface area contributed by atoms with E-state index in [-0.39, 0.29) is 10.6 Å². The summed E-state index contributed by atoms with van der Waals surface area (Å²) < 4.78 is 0.882. The van der Waals surface area contributed by atoms with Crippen molar-refractivity contribution in [3.63, 3.8) is 0 Å². The van der Waals surface area contributed by atoms with E-state index in [2.05, 4.69) is 39.9 Å². The Morgan fingerprint density at radius 3 is 3.05 bits per heavy atom. The monoisotopic (exact) mass is 375 g/mol. The maximum atomic E-state index is 11.0. The topological polar surface area (TPSA) is 58.4 Å². The van der Waals surface area contributed by atoms with E-state index in [0.717, 1.165) is 23.2 Å². The summed E-state index contributed by atoms with van der Waals surface area (Å²) in [7, 11) is 2.12. The lowest BCUT2D eigenvalue weighted by atomic mass is 9.98. The molecule has 0 aliphatic carbocycles. The lowest BCUT2D eigenvalue weighted by Crippen LogP contribution is -2.35. The second-order valence-electron chi connectivity index (χ2n) is 5.07. The van der Waals surface area contributed by atoms with Gasteiger partial charge in [0, 0.05) is 22.7 Å². The van der Waals surface area contributed by atoms with Crippen LogP contribution in [0, 0.1) is 19.6 Å². The molecule has 1 saturated heterocycles. The molecule has 0 aromatic heterocycles. The number of nitro benzene ring substituents is 1. The zero-order chi connectivity index (χ0) is 13.8. The fourth-order valence-corrected chi connectivity index (χ4v) is 2.97. The number of halogens is 1. The van der Waals surface area contributed by atoms with Gasteiger partial charge in [0.2, 0.25) is 0 Å². The first kappa shape index (κ1) is 14.5. The molecule has 2 rings (SSSR count). The average Bonchev–Trinajstić information content (AvgIpc) is 2.37. The van der Waals surface area contributed by atoms with Crippen LogP contribution in [0.15, 0.2) is 18.2 Å². The third kappa shape index (κ3) is 4.04. The van der Waals surface area contributed by atoms with Crippen LogP contribution in [0.25, 0.3) is 0 Å². The van der Waals surface area contributed by atoms with Gasteiger partial charge in [-0.05, 0) is 67.1 Å². The third-order valence-corrected chi connectivity index (χ3v) is 4.13. The van der Waals surface area contributed by atoms with Crippen LogP contribution < -0.4 is 5.32 Å². The van der Waals surface area contributed by atoms with Crippen LogP contribution >= 0.6 is 22.6 Å². The normalized spacial score (nSPS) is 20.2. The van der Waals surface area contributed by atoms with Crippen LogP contribution in [-0.4, -0.2) is 36.5 Å². The molecule has 1 unspecified atom stereocenters. The number of hydrogen-bond acceptors (Lipinski definition) is 4. The van der Waals surface area contributed by atoms with Crippen molar-refractivity contribution in [2.45, 2.75) is 12.8 Å². The number of benzene rings is 1. The zero-order valence-electron chi connectivity index (χ0n) is 10.9. The van der Waals surface area contributed by atoms with Crippen LogP contribution in [-0.2, 0) is 0 Å². The van der Waals surface area contributed by atoms with Crippen molar-refractivity contribution in [2.75, 3.05) is 32.0 Å². The predicted octanol–water partition coefficient (Wildman–Crippen LogP) is 2.95. The number of rotatable bonds is 4. The highest BCUT2D eigenvalue weighted by molar-refractivity contribution is 14.1. The summed E-state index contributed by atoms with van der Waals surface area (Å²) in [5, 5.41) is 14.3. The van der Waals surface area contributed by atoms with E-state index in [0.29, 0.717) is 11.6 Å². The number of nitrogens with one attached hydrogen (secondary N) is 1. The lowest BCUT2D eigenvalue weighted by Gasteiger charge is -2.29. The highest BCUT2D eigenvalue weighted by Gasteiger charge is 2.19. The molecule has 104 valence electrons. The number of nitro groups is 1. The molecule has 0 radical (unpaired) electrons. The van der Waals surface area contributed by atoms with E-state index in [1.165, 1.54) is 12.8 Å². The minimum atomic E-state index is -0.322. The van der Waals surface area contributed by atoms with Gasteiger partial charge < -0.3 is 10.2 Å². The standard InChI is InChI=1S/C13H18IN3O2/c1-16-6-2-3-10(9-16)8-15-12-5-4-11(14)7-13(12)17(18)19/h4-5,7,10,15H,2-3,6,8-9H2,1H3. The predicted molar refractivity (Wildman–Crippen MR) is 84.5 cm³/mol. The Hall–Kier alpha value is -0.890. The maximum absolute atomic E-state index is 11.0. The molecule has 19 heavy (non-hydrogen) atoms. The molecule has 1 aromatic rings. The Kier molecular flexibility index (Phi) is 4.98. The Bertz CT molecular complexity index is 467. The summed E-state index contributed by atoms with van der Waals surface area (Å²) in [5.74, 6) is 0.567. The largest absolute Gasteiger partial charge is 0.379 e. The SMILES string of the molecule is CN1CCCC(CNc2ccc(I)cc2[N+](=O)[O-])C1. The van der Waals surface area contributed by atoms with Gasteiger partial charge in [-0.3, -0.25) is 10.1 Å². The summed E-state index contributed by atoms with van der Waals surface area (Å²) in [6.07, 6.45) is 2.40. The lowest BCUT2D eigenvalue weighted by molar-refractivity contribution is -0.384. The molecule has 1 aliphatic rings. The van der Waals surface area contributed by atoms with Gasteiger partial charge in [-0.15, -0.1) is 0 Å². The summed E-state index contributed by atoms with van der Waals surface area (Å²) in [4.78, 5) is 13.0. The van der Waals surface area contributed by atoms with Gasteiger partial charge in [-0.2, -0.15) is 0 Å². The molecule has 0 amide bonds. The minimum absolute atomic E-state index is 0.163. The molecule has 0 spiro atoms. The Labute approximate surface area is 126 Å². The number of piperidine rings is 1. The van der Waals surface area contributed by atoms with Gasteiger partial charge in [0.1, 0.15) is 5.69 Å². The number of hydrogen-bond donors (Lipinski definition) is 1. The Morgan fingerprint density at radius 2 is 2.37 bits per heavy atom. The Balaban J connectivity index is 2.01. The molecule has 1 N–H and O–H groups in total. The van der Waals surface area contributed by atoms with Crippen molar-refractivity contribution in [3.8, 4) is 0 Å². The van der Waals surface area contributed by atoms with Gasteiger partial charge in [0.25, 0.3) is 5.69 Å². The van der Waals surface area contributed by atoms with E-state index in [1.807, 2.05) is 6.07 Å². The average molecular weight is 375 g/mol. The van der Waals surface area contributed by atoms with E-state index in [9.17, 15) is 10.1 Å². The first-order valence-corrected chi connectivity index (χ1v) is 7.50. The molecule has 0 bridgehead atoms. The second kappa shape index (κ2) is 6.51. The van der Waals surface area contributed by atoms with Crippen molar-refractivity contribution >= 4 is 34.0 Å². The van der Waals surface area contributed by atoms with Crippen molar-refractivity contribution in [1.82, 2.24) is 4.90 Å². The quantitative estimate of drug-likeness (QED) is 0.500.